The Morgan fingerprint density at radius 1 is 1.24 bits per heavy atom. The first-order valence-corrected chi connectivity index (χ1v) is 6.68. The van der Waals surface area contributed by atoms with Gasteiger partial charge in [-0.05, 0) is 23.3 Å². The lowest BCUT2D eigenvalue weighted by atomic mass is 10.0. The fraction of sp³-hybridized carbons (Fsp3) is 0.312. The Bertz CT molecular complexity index is 611. The summed E-state index contributed by atoms with van der Waals surface area (Å²) in [7, 11) is 1.37. The maximum Gasteiger partial charge on any atom is 0.342 e. The van der Waals surface area contributed by atoms with E-state index in [1.807, 2.05) is 37.3 Å². The number of benzene rings is 2. The predicted molar refractivity (Wildman–Crippen MR) is 86.3 cm³/mol. The van der Waals surface area contributed by atoms with Crippen molar-refractivity contribution in [2.75, 3.05) is 13.7 Å². The minimum Gasteiger partial charge on any atom is -0.488 e. The quantitative estimate of drug-likeness (QED) is 0.862. The molecular weight excluding hydrogens is 290 g/mol. The smallest absolute Gasteiger partial charge is 0.342 e. The number of carbonyl (C=O) groups is 1. The van der Waals surface area contributed by atoms with Gasteiger partial charge in [-0.3, -0.25) is 0 Å². The molecule has 0 aliphatic heterocycles. The lowest BCUT2D eigenvalue weighted by Gasteiger charge is -2.18. The van der Waals surface area contributed by atoms with Crippen LogP contribution < -0.4 is 10.5 Å². The number of nitrogens with two attached hydrogens (primary N) is 1. The van der Waals surface area contributed by atoms with E-state index >= 15 is 0 Å². The van der Waals surface area contributed by atoms with Gasteiger partial charge in [-0.15, -0.1) is 12.4 Å². The molecule has 2 aromatic rings. The maximum absolute atomic E-state index is 12.1. The number of rotatable bonds is 5. The second-order valence-electron chi connectivity index (χ2n) is 4.54. The number of hydrogen-bond donors (Lipinski definition) is 1. The van der Waals surface area contributed by atoms with Crippen molar-refractivity contribution in [2.45, 2.75) is 19.4 Å². The summed E-state index contributed by atoms with van der Waals surface area (Å²) in [6, 6.07) is 11.4. The summed E-state index contributed by atoms with van der Waals surface area (Å²) in [5.41, 5.74) is 6.12. The molecule has 4 nitrogen and oxygen atoms in total. The SMILES string of the molecule is CC[C@H](CN)Oc1ccc2ccccc2c1C(=O)OC.Cl. The first kappa shape index (κ1) is 17.3. The van der Waals surface area contributed by atoms with Crippen LogP contribution in [0.1, 0.15) is 23.7 Å². The molecule has 0 aliphatic rings. The Morgan fingerprint density at radius 2 is 1.95 bits per heavy atom. The summed E-state index contributed by atoms with van der Waals surface area (Å²) in [4.78, 5) is 12.1. The van der Waals surface area contributed by atoms with Crippen LogP contribution in [0.25, 0.3) is 10.8 Å². The zero-order chi connectivity index (χ0) is 14.5. The molecular formula is C16H20ClNO3. The van der Waals surface area contributed by atoms with E-state index in [9.17, 15) is 4.79 Å². The summed E-state index contributed by atoms with van der Waals surface area (Å²) in [6.07, 6.45) is 0.670. The molecule has 0 saturated heterocycles. The van der Waals surface area contributed by atoms with E-state index in [2.05, 4.69) is 0 Å². The van der Waals surface area contributed by atoms with Gasteiger partial charge >= 0.3 is 5.97 Å². The Balaban J connectivity index is 0.00000220. The molecule has 1 atom stereocenters. The third-order valence-corrected chi connectivity index (χ3v) is 3.29. The topological polar surface area (TPSA) is 61.5 Å². The number of halogens is 1. The van der Waals surface area contributed by atoms with Crippen LogP contribution in [0.2, 0.25) is 0 Å². The van der Waals surface area contributed by atoms with Crippen molar-refractivity contribution in [3.63, 3.8) is 0 Å². The Hall–Kier alpha value is -1.78. The van der Waals surface area contributed by atoms with Gasteiger partial charge in [-0.1, -0.05) is 37.3 Å². The summed E-state index contributed by atoms with van der Waals surface area (Å²) in [5.74, 6) is 0.122. The van der Waals surface area contributed by atoms with Crippen LogP contribution in [-0.2, 0) is 4.74 Å². The Kier molecular flexibility index (Phi) is 6.46. The van der Waals surface area contributed by atoms with Gasteiger partial charge in [-0.25, -0.2) is 4.79 Å². The summed E-state index contributed by atoms with van der Waals surface area (Å²) in [5, 5.41) is 1.80. The molecule has 0 unspecified atom stereocenters. The van der Waals surface area contributed by atoms with Gasteiger partial charge in [0.2, 0.25) is 0 Å². The van der Waals surface area contributed by atoms with Crippen molar-refractivity contribution < 1.29 is 14.3 Å². The Labute approximate surface area is 130 Å². The van der Waals surface area contributed by atoms with Gasteiger partial charge in [-0.2, -0.15) is 0 Å². The molecule has 0 fully saturated rings. The molecule has 0 aliphatic carbocycles. The summed E-state index contributed by atoms with van der Waals surface area (Å²) >= 11 is 0. The van der Waals surface area contributed by atoms with Crippen LogP contribution in [0.3, 0.4) is 0 Å². The van der Waals surface area contributed by atoms with Gasteiger partial charge in [0, 0.05) is 6.54 Å². The van der Waals surface area contributed by atoms with Crippen molar-refractivity contribution in [3.05, 3.63) is 42.0 Å². The molecule has 0 amide bonds. The lowest BCUT2D eigenvalue weighted by molar-refractivity contribution is 0.0595. The lowest BCUT2D eigenvalue weighted by Crippen LogP contribution is -2.26. The van der Waals surface area contributed by atoms with Crippen molar-refractivity contribution in [3.8, 4) is 5.75 Å². The molecule has 2 rings (SSSR count). The number of carbonyl (C=O) groups excluding carboxylic acids is 1. The minimum atomic E-state index is -0.399. The van der Waals surface area contributed by atoms with Crippen LogP contribution in [0.4, 0.5) is 0 Å². The van der Waals surface area contributed by atoms with Crippen molar-refractivity contribution in [2.24, 2.45) is 5.73 Å². The van der Waals surface area contributed by atoms with Gasteiger partial charge in [0.25, 0.3) is 0 Å². The first-order chi connectivity index (χ1) is 9.71. The molecule has 0 aromatic heterocycles. The number of ether oxygens (including phenoxy) is 2. The minimum absolute atomic E-state index is 0. The monoisotopic (exact) mass is 309 g/mol. The molecule has 0 saturated carbocycles. The van der Waals surface area contributed by atoms with E-state index in [0.717, 1.165) is 17.2 Å². The molecule has 0 radical (unpaired) electrons. The van der Waals surface area contributed by atoms with Crippen LogP contribution >= 0.6 is 12.4 Å². The molecule has 2 N–H and O–H groups in total. The van der Waals surface area contributed by atoms with Gasteiger partial charge in [0.05, 0.1) is 7.11 Å². The highest BCUT2D eigenvalue weighted by atomic mass is 35.5. The predicted octanol–water partition coefficient (Wildman–Crippen LogP) is 3.16. The van der Waals surface area contributed by atoms with Crippen molar-refractivity contribution in [1.29, 1.82) is 0 Å². The maximum atomic E-state index is 12.1. The third-order valence-electron chi connectivity index (χ3n) is 3.29. The summed E-state index contributed by atoms with van der Waals surface area (Å²) in [6.45, 7) is 2.40. The number of methoxy groups -OCH3 is 1. The van der Waals surface area contributed by atoms with E-state index in [-0.39, 0.29) is 18.5 Å². The van der Waals surface area contributed by atoms with E-state index in [1.165, 1.54) is 7.11 Å². The second kappa shape index (κ2) is 7.86. The highest BCUT2D eigenvalue weighted by Crippen LogP contribution is 2.29. The zero-order valence-corrected chi connectivity index (χ0v) is 13.0. The van der Waals surface area contributed by atoms with Gasteiger partial charge in [0.15, 0.2) is 0 Å². The van der Waals surface area contributed by atoms with Crippen molar-refractivity contribution in [1.82, 2.24) is 0 Å². The highest BCUT2D eigenvalue weighted by molar-refractivity contribution is 6.07. The fourth-order valence-electron chi connectivity index (χ4n) is 2.14. The van der Waals surface area contributed by atoms with E-state index in [4.69, 9.17) is 15.2 Å². The average molecular weight is 310 g/mol. The summed E-state index contributed by atoms with van der Waals surface area (Å²) < 4.78 is 10.7. The average Bonchev–Trinajstić information content (AvgIpc) is 2.51. The Morgan fingerprint density at radius 3 is 2.57 bits per heavy atom. The molecule has 2 aromatic carbocycles. The molecule has 0 heterocycles. The number of esters is 1. The molecule has 0 spiro atoms. The fourth-order valence-corrected chi connectivity index (χ4v) is 2.14. The van der Waals surface area contributed by atoms with Gasteiger partial charge in [0.1, 0.15) is 17.4 Å². The second-order valence-corrected chi connectivity index (χ2v) is 4.54. The first-order valence-electron chi connectivity index (χ1n) is 6.68. The largest absolute Gasteiger partial charge is 0.488 e. The van der Waals surface area contributed by atoms with Crippen LogP contribution in [0.15, 0.2) is 36.4 Å². The van der Waals surface area contributed by atoms with Gasteiger partial charge < -0.3 is 15.2 Å². The number of hydrogen-bond acceptors (Lipinski definition) is 4. The van der Waals surface area contributed by atoms with Crippen LogP contribution in [0.5, 0.6) is 5.75 Å². The van der Waals surface area contributed by atoms with Crippen molar-refractivity contribution >= 4 is 29.1 Å². The normalized spacial score (nSPS) is 11.6. The molecule has 21 heavy (non-hydrogen) atoms. The molecule has 114 valence electrons. The van der Waals surface area contributed by atoms with Crippen LogP contribution in [-0.4, -0.2) is 25.7 Å². The van der Waals surface area contributed by atoms with E-state index < -0.39 is 5.97 Å². The molecule has 0 bridgehead atoms. The van der Waals surface area contributed by atoms with E-state index in [1.54, 1.807) is 6.07 Å². The third kappa shape index (κ3) is 3.65. The highest BCUT2D eigenvalue weighted by Gasteiger charge is 2.19. The standard InChI is InChI=1S/C16H19NO3.ClH/c1-3-12(10-17)20-14-9-8-11-6-4-5-7-13(11)15(14)16(18)19-2;/h4-9,12H,3,10,17H2,1-2H3;1H/t12-;/m1./s1. The van der Waals surface area contributed by atoms with E-state index in [0.29, 0.717) is 17.9 Å². The zero-order valence-electron chi connectivity index (χ0n) is 12.2. The molecule has 5 heteroatoms. The number of fused-ring (bicyclic) bond motifs is 1. The van der Waals surface area contributed by atoms with Crippen LogP contribution in [0, 0.1) is 0 Å².